The Bertz CT molecular complexity index is 780. The van der Waals surface area contributed by atoms with Crippen molar-refractivity contribution < 1.29 is 8.42 Å². The van der Waals surface area contributed by atoms with Gasteiger partial charge in [-0.15, -0.1) is 0 Å². The Balaban J connectivity index is 2.42. The van der Waals surface area contributed by atoms with E-state index in [0.29, 0.717) is 28.4 Å². The highest BCUT2D eigenvalue weighted by atomic mass is 35.5. The van der Waals surface area contributed by atoms with Crippen LogP contribution in [0.2, 0.25) is 5.15 Å². The molecular formula is C10H10ClN3O3S2. The Kier molecular flexibility index (Phi) is 3.66. The zero-order chi connectivity index (χ0) is 14.2. The SMILES string of the molecule is Cc1nc(Cl)ccc1NS(=O)(=O)c1sc(=O)[nH]c1C. The second-order valence-corrected chi connectivity index (χ2v) is 7.05. The molecule has 2 aromatic heterocycles. The number of aromatic nitrogens is 2. The lowest BCUT2D eigenvalue weighted by molar-refractivity contribution is 0.602. The van der Waals surface area contributed by atoms with E-state index in [9.17, 15) is 13.2 Å². The molecule has 0 spiro atoms. The van der Waals surface area contributed by atoms with E-state index in [-0.39, 0.29) is 9.36 Å². The molecule has 0 amide bonds. The number of hydrogen-bond acceptors (Lipinski definition) is 5. The number of nitrogens with zero attached hydrogens (tertiary/aromatic N) is 1. The highest BCUT2D eigenvalue weighted by Crippen LogP contribution is 2.22. The number of rotatable bonds is 3. The van der Waals surface area contributed by atoms with Gasteiger partial charge in [0.1, 0.15) is 5.15 Å². The van der Waals surface area contributed by atoms with Crippen molar-refractivity contribution in [2.24, 2.45) is 0 Å². The van der Waals surface area contributed by atoms with Gasteiger partial charge in [0.05, 0.1) is 11.4 Å². The van der Waals surface area contributed by atoms with Crippen LogP contribution in [0.5, 0.6) is 0 Å². The topological polar surface area (TPSA) is 91.9 Å². The van der Waals surface area contributed by atoms with Crippen molar-refractivity contribution in [2.45, 2.75) is 18.1 Å². The molecule has 0 fully saturated rings. The molecule has 102 valence electrons. The fourth-order valence-electron chi connectivity index (χ4n) is 1.48. The van der Waals surface area contributed by atoms with E-state index in [1.165, 1.54) is 19.1 Å². The second kappa shape index (κ2) is 4.95. The molecule has 9 heteroatoms. The first kappa shape index (κ1) is 14.0. The van der Waals surface area contributed by atoms with Crippen LogP contribution in [0, 0.1) is 13.8 Å². The summed E-state index contributed by atoms with van der Waals surface area (Å²) >= 11 is 6.34. The van der Waals surface area contributed by atoms with Crippen molar-refractivity contribution in [2.75, 3.05) is 4.72 Å². The number of thiazole rings is 1. The molecule has 0 saturated carbocycles. The smallest absolute Gasteiger partial charge is 0.306 e. The van der Waals surface area contributed by atoms with Crippen LogP contribution >= 0.6 is 22.9 Å². The zero-order valence-corrected chi connectivity index (χ0v) is 12.4. The standard InChI is InChI=1S/C10H10ClN3O3S2/c1-5-7(3-4-8(11)12-5)14-19(16,17)9-6(2)13-10(15)18-9/h3-4,14H,1-2H3,(H,13,15). The third-order valence-electron chi connectivity index (χ3n) is 2.32. The molecule has 2 N–H and O–H groups in total. The molecule has 0 aromatic carbocycles. The van der Waals surface area contributed by atoms with Gasteiger partial charge >= 0.3 is 4.87 Å². The van der Waals surface area contributed by atoms with E-state index in [2.05, 4.69) is 14.7 Å². The van der Waals surface area contributed by atoms with Crippen molar-refractivity contribution in [1.82, 2.24) is 9.97 Å². The predicted molar refractivity (Wildman–Crippen MR) is 74.5 cm³/mol. The summed E-state index contributed by atoms with van der Waals surface area (Å²) in [6, 6.07) is 3.01. The number of H-pyrrole nitrogens is 1. The summed E-state index contributed by atoms with van der Waals surface area (Å²) in [7, 11) is -3.80. The van der Waals surface area contributed by atoms with Gasteiger partial charge in [-0.05, 0) is 26.0 Å². The van der Waals surface area contributed by atoms with E-state index in [0.717, 1.165) is 0 Å². The van der Waals surface area contributed by atoms with Gasteiger partial charge in [-0.3, -0.25) is 9.52 Å². The molecule has 19 heavy (non-hydrogen) atoms. The molecule has 6 nitrogen and oxygen atoms in total. The number of aryl methyl sites for hydroxylation is 2. The number of hydrogen-bond donors (Lipinski definition) is 2. The summed E-state index contributed by atoms with van der Waals surface area (Å²) in [4.78, 5) is 17.1. The van der Waals surface area contributed by atoms with Crippen molar-refractivity contribution in [3.8, 4) is 0 Å². The second-order valence-electron chi connectivity index (χ2n) is 3.80. The van der Waals surface area contributed by atoms with Gasteiger partial charge in [-0.2, -0.15) is 0 Å². The average Bonchev–Trinajstić information content (AvgIpc) is 2.63. The van der Waals surface area contributed by atoms with Crippen molar-refractivity contribution in [3.05, 3.63) is 38.3 Å². The van der Waals surface area contributed by atoms with Gasteiger partial charge in [0, 0.05) is 5.69 Å². The van der Waals surface area contributed by atoms with Gasteiger partial charge < -0.3 is 4.98 Å². The molecule has 2 aromatic rings. The summed E-state index contributed by atoms with van der Waals surface area (Å²) in [6.07, 6.45) is 0. The van der Waals surface area contributed by atoms with Crippen molar-refractivity contribution in [1.29, 1.82) is 0 Å². The lowest BCUT2D eigenvalue weighted by Crippen LogP contribution is -2.14. The van der Waals surface area contributed by atoms with Gasteiger partial charge in [0.15, 0.2) is 4.21 Å². The maximum atomic E-state index is 12.2. The quantitative estimate of drug-likeness (QED) is 0.845. The summed E-state index contributed by atoms with van der Waals surface area (Å²) in [5.41, 5.74) is 1.09. The highest BCUT2D eigenvalue weighted by molar-refractivity contribution is 7.94. The summed E-state index contributed by atoms with van der Waals surface area (Å²) in [6.45, 7) is 3.16. The van der Waals surface area contributed by atoms with Crippen LogP contribution in [-0.2, 0) is 10.0 Å². The lowest BCUT2D eigenvalue weighted by Gasteiger charge is -2.09. The molecule has 0 saturated heterocycles. The Morgan fingerprint density at radius 1 is 1.37 bits per heavy atom. The first-order valence-electron chi connectivity index (χ1n) is 5.15. The first-order valence-corrected chi connectivity index (χ1v) is 7.83. The summed E-state index contributed by atoms with van der Waals surface area (Å²) in [5.74, 6) is 0. The summed E-state index contributed by atoms with van der Waals surface area (Å²) in [5, 5.41) is 0.280. The molecule has 2 rings (SSSR count). The minimum Gasteiger partial charge on any atom is -0.315 e. The van der Waals surface area contributed by atoms with Crippen molar-refractivity contribution in [3.63, 3.8) is 0 Å². The molecule has 0 aliphatic heterocycles. The van der Waals surface area contributed by atoms with E-state index in [1.54, 1.807) is 6.92 Å². The molecule has 0 atom stereocenters. The molecule has 2 heterocycles. The Labute approximate surface area is 118 Å². The third-order valence-corrected chi connectivity index (χ3v) is 5.50. The molecular weight excluding hydrogens is 310 g/mol. The highest BCUT2D eigenvalue weighted by Gasteiger charge is 2.21. The fraction of sp³-hybridized carbons (Fsp3) is 0.200. The first-order chi connectivity index (χ1) is 8.79. The van der Waals surface area contributed by atoms with Crippen LogP contribution in [0.4, 0.5) is 5.69 Å². The lowest BCUT2D eigenvalue weighted by atomic mass is 10.3. The monoisotopic (exact) mass is 319 g/mol. The number of halogens is 1. The zero-order valence-electron chi connectivity index (χ0n) is 10.0. The maximum Gasteiger partial charge on any atom is 0.306 e. The predicted octanol–water partition coefficient (Wildman–Crippen LogP) is 1.90. The Morgan fingerprint density at radius 3 is 2.58 bits per heavy atom. The Hall–Kier alpha value is -1.38. The van der Waals surface area contributed by atoms with E-state index in [4.69, 9.17) is 11.6 Å². The van der Waals surface area contributed by atoms with Gasteiger partial charge in [0.25, 0.3) is 10.0 Å². The minimum absolute atomic E-state index is 0.0353. The number of sulfonamides is 1. The maximum absolute atomic E-state index is 12.2. The van der Waals surface area contributed by atoms with Crippen LogP contribution in [-0.4, -0.2) is 18.4 Å². The average molecular weight is 320 g/mol. The van der Waals surface area contributed by atoms with E-state index >= 15 is 0 Å². The number of nitrogens with one attached hydrogen (secondary N) is 2. The van der Waals surface area contributed by atoms with Crippen LogP contribution in [0.15, 0.2) is 21.1 Å². The van der Waals surface area contributed by atoms with Crippen LogP contribution < -0.4 is 9.60 Å². The van der Waals surface area contributed by atoms with Crippen LogP contribution in [0.1, 0.15) is 11.4 Å². The normalized spacial score (nSPS) is 11.5. The largest absolute Gasteiger partial charge is 0.315 e. The fourth-order valence-corrected chi connectivity index (χ4v) is 4.09. The molecule has 0 radical (unpaired) electrons. The molecule has 0 aliphatic carbocycles. The van der Waals surface area contributed by atoms with Crippen LogP contribution in [0.3, 0.4) is 0 Å². The number of aromatic amines is 1. The Morgan fingerprint density at radius 2 is 2.05 bits per heavy atom. The molecule has 0 bridgehead atoms. The van der Waals surface area contributed by atoms with E-state index in [1.807, 2.05) is 0 Å². The third kappa shape index (κ3) is 2.96. The minimum atomic E-state index is -3.80. The number of anilines is 1. The van der Waals surface area contributed by atoms with Crippen molar-refractivity contribution >= 4 is 38.6 Å². The summed E-state index contributed by atoms with van der Waals surface area (Å²) < 4.78 is 26.7. The van der Waals surface area contributed by atoms with E-state index < -0.39 is 14.9 Å². The molecule has 0 unspecified atom stereocenters. The number of pyridine rings is 1. The van der Waals surface area contributed by atoms with Gasteiger partial charge in [0.2, 0.25) is 0 Å². The molecule has 0 aliphatic rings. The van der Waals surface area contributed by atoms with Gasteiger partial charge in [-0.25, -0.2) is 13.4 Å². The van der Waals surface area contributed by atoms with Gasteiger partial charge in [-0.1, -0.05) is 22.9 Å². The van der Waals surface area contributed by atoms with Crippen LogP contribution in [0.25, 0.3) is 0 Å².